The maximum absolute atomic E-state index is 13.2. The molecule has 2 heterocycles. The van der Waals surface area contributed by atoms with E-state index in [1.165, 1.54) is 23.7 Å². The number of benzene rings is 1. The molecule has 0 fully saturated rings. The van der Waals surface area contributed by atoms with Crippen LogP contribution in [0.15, 0.2) is 41.4 Å². The van der Waals surface area contributed by atoms with E-state index in [2.05, 4.69) is 16.4 Å². The number of anilines is 1. The minimum Gasteiger partial charge on any atom is -0.324 e. The van der Waals surface area contributed by atoms with E-state index in [4.69, 9.17) is 4.98 Å². The molecule has 0 spiro atoms. The lowest BCUT2D eigenvalue weighted by Crippen LogP contribution is -2.25. The Morgan fingerprint density at radius 1 is 1.19 bits per heavy atom. The van der Waals surface area contributed by atoms with Crippen LogP contribution in [-0.4, -0.2) is 21.1 Å². The molecule has 0 aliphatic heterocycles. The van der Waals surface area contributed by atoms with E-state index in [0.29, 0.717) is 17.0 Å². The van der Waals surface area contributed by atoms with Gasteiger partial charge in [-0.25, -0.2) is 4.98 Å². The molecule has 31 heavy (non-hydrogen) atoms. The van der Waals surface area contributed by atoms with E-state index in [1.807, 2.05) is 50.2 Å². The van der Waals surface area contributed by atoms with Crippen LogP contribution in [0.25, 0.3) is 10.9 Å². The molecule has 2 aromatic heterocycles. The third kappa shape index (κ3) is 4.72. The zero-order valence-corrected chi connectivity index (χ0v) is 18.8. The van der Waals surface area contributed by atoms with Crippen LogP contribution in [-0.2, 0) is 17.6 Å². The zero-order chi connectivity index (χ0) is 21.8. The Morgan fingerprint density at radius 3 is 2.81 bits per heavy atom. The van der Waals surface area contributed by atoms with Crippen molar-refractivity contribution in [3.8, 4) is 6.07 Å². The number of hydrogen-bond donors (Lipinski definition) is 1. The van der Waals surface area contributed by atoms with Gasteiger partial charge in [-0.3, -0.25) is 9.78 Å². The van der Waals surface area contributed by atoms with Gasteiger partial charge >= 0.3 is 0 Å². The summed E-state index contributed by atoms with van der Waals surface area (Å²) in [4.78, 5) is 22.6. The van der Waals surface area contributed by atoms with Crippen molar-refractivity contribution in [3.05, 3.63) is 58.9 Å². The summed E-state index contributed by atoms with van der Waals surface area (Å²) in [6.45, 7) is 3.91. The van der Waals surface area contributed by atoms with Crippen molar-refractivity contribution < 1.29 is 4.79 Å². The Morgan fingerprint density at radius 2 is 2.00 bits per heavy atom. The number of nitrogens with one attached hydrogen (secondary N) is 1. The third-order valence-corrected chi connectivity index (χ3v) is 7.02. The molecule has 0 radical (unpaired) electrons. The van der Waals surface area contributed by atoms with Gasteiger partial charge in [0.1, 0.15) is 11.1 Å². The second-order valence-corrected chi connectivity index (χ2v) is 9.14. The lowest BCUT2D eigenvalue weighted by atomic mass is 10.1. The SMILES string of the molecule is CCC(Sc1nc2c(cc1C#N)CCCCC2)C(=O)Nc1cc(C)nc2ccccc12. The van der Waals surface area contributed by atoms with E-state index in [9.17, 15) is 10.1 Å². The van der Waals surface area contributed by atoms with Crippen molar-refractivity contribution in [2.45, 2.75) is 62.6 Å². The number of rotatable bonds is 5. The van der Waals surface area contributed by atoms with E-state index in [-0.39, 0.29) is 11.2 Å². The van der Waals surface area contributed by atoms with Crippen molar-refractivity contribution in [2.24, 2.45) is 0 Å². The summed E-state index contributed by atoms with van der Waals surface area (Å²) in [6, 6.07) is 14.0. The van der Waals surface area contributed by atoms with Crippen LogP contribution >= 0.6 is 11.8 Å². The third-order valence-electron chi connectivity index (χ3n) is 5.66. The Kier molecular flexibility index (Phi) is 6.53. The quantitative estimate of drug-likeness (QED) is 0.422. The molecule has 3 aromatic rings. The highest BCUT2D eigenvalue weighted by Crippen LogP contribution is 2.32. The molecule has 1 N–H and O–H groups in total. The first-order valence-corrected chi connectivity index (χ1v) is 11.7. The molecule has 6 heteroatoms. The Hall–Kier alpha value is -2.91. The predicted molar refractivity (Wildman–Crippen MR) is 125 cm³/mol. The molecule has 0 saturated heterocycles. The summed E-state index contributed by atoms with van der Waals surface area (Å²) in [5.41, 5.74) is 5.33. The minimum atomic E-state index is -0.337. The molecule has 4 rings (SSSR count). The molecule has 1 amide bonds. The van der Waals surface area contributed by atoms with Gasteiger partial charge in [-0.15, -0.1) is 0 Å². The van der Waals surface area contributed by atoms with E-state index in [1.54, 1.807) is 0 Å². The summed E-state index contributed by atoms with van der Waals surface area (Å²) in [5, 5.41) is 14.0. The van der Waals surface area contributed by atoms with Crippen LogP contribution < -0.4 is 5.32 Å². The fraction of sp³-hybridized carbons (Fsp3) is 0.360. The summed E-state index contributed by atoms with van der Waals surface area (Å²) in [7, 11) is 0. The van der Waals surface area contributed by atoms with Gasteiger partial charge < -0.3 is 5.32 Å². The number of nitrogens with zero attached hydrogens (tertiary/aromatic N) is 3. The topological polar surface area (TPSA) is 78.7 Å². The van der Waals surface area contributed by atoms with Crippen LogP contribution in [0, 0.1) is 18.3 Å². The molecule has 1 atom stereocenters. The first-order chi connectivity index (χ1) is 15.1. The van der Waals surface area contributed by atoms with Gasteiger partial charge in [0.2, 0.25) is 5.91 Å². The molecule has 158 valence electrons. The molecule has 1 aliphatic rings. The van der Waals surface area contributed by atoms with Gasteiger partial charge in [-0.2, -0.15) is 5.26 Å². The fourth-order valence-electron chi connectivity index (χ4n) is 4.04. The van der Waals surface area contributed by atoms with Crippen LogP contribution in [0.4, 0.5) is 5.69 Å². The summed E-state index contributed by atoms with van der Waals surface area (Å²) < 4.78 is 0. The molecule has 5 nitrogen and oxygen atoms in total. The first kappa shape index (κ1) is 21.3. The van der Waals surface area contributed by atoms with Crippen molar-refractivity contribution in [1.82, 2.24) is 9.97 Å². The smallest absolute Gasteiger partial charge is 0.237 e. The average Bonchev–Trinajstić information content (AvgIpc) is 3.01. The maximum Gasteiger partial charge on any atom is 0.237 e. The molecule has 1 aromatic carbocycles. The van der Waals surface area contributed by atoms with Crippen molar-refractivity contribution in [1.29, 1.82) is 5.26 Å². The van der Waals surface area contributed by atoms with E-state index in [0.717, 1.165) is 53.7 Å². The highest BCUT2D eigenvalue weighted by Gasteiger charge is 2.23. The van der Waals surface area contributed by atoms with Crippen molar-refractivity contribution in [2.75, 3.05) is 5.32 Å². The normalized spacial score (nSPS) is 14.4. The standard InChI is InChI=1S/C25H26N4OS/c1-3-23(24(30)28-22-13-16(2)27-21-12-8-7-10-19(21)22)31-25-18(15-26)14-17-9-5-4-6-11-20(17)29-25/h7-8,10,12-14,23H,3-6,9,11H2,1-2H3,(H,27,28,30). The van der Waals surface area contributed by atoms with E-state index >= 15 is 0 Å². The Balaban J connectivity index is 1.60. The second-order valence-electron chi connectivity index (χ2n) is 7.95. The van der Waals surface area contributed by atoms with Crippen LogP contribution in [0.5, 0.6) is 0 Å². The molecular weight excluding hydrogens is 404 g/mol. The minimum absolute atomic E-state index is 0.0797. The van der Waals surface area contributed by atoms with E-state index < -0.39 is 0 Å². The van der Waals surface area contributed by atoms with Crippen molar-refractivity contribution in [3.63, 3.8) is 0 Å². The zero-order valence-electron chi connectivity index (χ0n) is 17.9. The lowest BCUT2D eigenvalue weighted by molar-refractivity contribution is -0.115. The van der Waals surface area contributed by atoms with Gasteiger partial charge in [0.05, 0.1) is 22.0 Å². The molecular formula is C25H26N4OS. The number of hydrogen-bond acceptors (Lipinski definition) is 5. The van der Waals surface area contributed by atoms with Gasteiger partial charge in [0, 0.05) is 16.8 Å². The largest absolute Gasteiger partial charge is 0.324 e. The Labute approximate surface area is 187 Å². The number of nitriles is 1. The number of pyridine rings is 2. The number of carbonyl (C=O) groups excluding carboxylic acids is 1. The van der Waals surface area contributed by atoms with Gasteiger partial charge in [-0.05, 0) is 62.8 Å². The maximum atomic E-state index is 13.2. The molecule has 1 unspecified atom stereocenters. The monoisotopic (exact) mass is 430 g/mol. The highest BCUT2D eigenvalue weighted by atomic mass is 32.2. The van der Waals surface area contributed by atoms with Gasteiger partial charge in [0.15, 0.2) is 0 Å². The number of aryl methyl sites for hydroxylation is 3. The number of carbonyl (C=O) groups is 1. The Bertz CT molecular complexity index is 1170. The van der Waals surface area contributed by atoms with Crippen LogP contribution in [0.3, 0.4) is 0 Å². The number of thioether (sulfide) groups is 1. The number of amides is 1. The fourth-order valence-corrected chi connectivity index (χ4v) is 5.04. The number of aromatic nitrogens is 2. The summed E-state index contributed by atoms with van der Waals surface area (Å²) >= 11 is 1.40. The number of fused-ring (bicyclic) bond motifs is 2. The molecule has 0 saturated carbocycles. The highest BCUT2D eigenvalue weighted by molar-refractivity contribution is 8.00. The first-order valence-electron chi connectivity index (χ1n) is 10.9. The van der Waals surface area contributed by atoms with Gasteiger partial charge in [0.25, 0.3) is 0 Å². The van der Waals surface area contributed by atoms with Crippen LogP contribution in [0.2, 0.25) is 0 Å². The second kappa shape index (κ2) is 9.49. The summed E-state index contributed by atoms with van der Waals surface area (Å²) in [6.07, 6.45) is 6.03. The molecule has 0 bridgehead atoms. The number of para-hydroxylation sites is 1. The molecule has 1 aliphatic carbocycles. The predicted octanol–water partition coefficient (Wildman–Crippen LogP) is 5.59. The van der Waals surface area contributed by atoms with Gasteiger partial charge in [-0.1, -0.05) is 43.3 Å². The average molecular weight is 431 g/mol. The van der Waals surface area contributed by atoms with Crippen LogP contribution in [0.1, 0.15) is 55.1 Å². The summed E-state index contributed by atoms with van der Waals surface area (Å²) in [5.74, 6) is -0.0797. The van der Waals surface area contributed by atoms with Crippen molar-refractivity contribution >= 4 is 34.3 Å². The lowest BCUT2D eigenvalue weighted by Gasteiger charge is -2.17.